The Bertz CT molecular complexity index is 691. The average molecular weight is 403 g/mol. The molecule has 0 radical (unpaired) electrons. The quantitative estimate of drug-likeness (QED) is 0.659. The van der Waals surface area contributed by atoms with Gasteiger partial charge in [0.05, 0.1) is 0 Å². The van der Waals surface area contributed by atoms with Gasteiger partial charge in [-0.15, -0.1) is 0 Å². The van der Waals surface area contributed by atoms with Crippen molar-refractivity contribution in [3.8, 4) is 0 Å². The molecule has 0 bridgehead atoms. The molecule has 0 N–H and O–H groups in total. The highest BCUT2D eigenvalue weighted by atomic mass is 35.5. The number of amides is 2. The van der Waals surface area contributed by atoms with E-state index in [4.69, 9.17) is 11.6 Å². The summed E-state index contributed by atoms with van der Waals surface area (Å²) in [7, 11) is 0. The van der Waals surface area contributed by atoms with Crippen molar-refractivity contribution in [3.05, 3.63) is 34.9 Å². The zero-order valence-electron chi connectivity index (χ0n) is 16.6. The molecule has 4 nitrogen and oxygen atoms in total. The van der Waals surface area contributed by atoms with Crippen LogP contribution >= 0.6 is 11.6 Å². The Hall–Kier alpha value is -1.55. The van der Waals surface area contributed by atoms with E-state index in [0.29, 0.717) is 5.02 Å². The lowest BCUT2D eigenvalue weighted by atomic mass is 9.90. The van der Waals surface area contributed by atoms with Crippen molar-refractivity contribution in [2.45, 2.75) is 88.8 Å². The minimum atomic E-state index is -0.497. The van der Waals surface area contributed by atoms with E-state index in [2.05, 4.69) is 0 Å². The normalized spacial score (nSPS) is 25.8. The van der Waals surface area contributed by atoms with Crippen LogP contribution in [-0.4, -0.2) is 40.2 Å². The van der Waals surface area contributed by atoms with E-state index in [0.717, 1.165) is 56.9 Å². The Morgan fingerprint density at radius 1 is 0.750 bits per heavy atom. The first-order chi connectivity index (χ1) is 13.6. The molecule has 1 aromatic carbocycles. The summed E-state index contributed by atoms with van der Waals surface area (Å²) in [6, 6.07) is 7.41. The van der Waals surface area contributed by atoms with Crippen LogP contribution in [0.5, 0.6) is 0 Å². The monoisotopic (exact) mass is 402 g/mol. The molecular weight excluding hydrogens is 372 g/mol. The summed E-state index contributed by atoms with van der Waals surface area (Å²) in [5, 5.41) is 0.656. The van der Waals surface area contributed by atoms with E-state index in [1.165, 1.54) is 19.3 Å². The van der Waals surface area contributed by atoms with Crippen LogP contribution < -0.4 is 0 Å². The number of rotatable bonds is 3. The lowest BCUT2D eigenvalue weighted by molar-refractivity contribution is -0.162. The third kappa shape index (κ3) is 4.07. The SMILES string of the molecule is O=C1[C@H](c2ccc(Cl)cc2)N(C2CCCCCC2)C(=O)CN1C1CCCCC1. The summed E-state index contributed by atoms with van der Waals surface area (Å²) >= 11 is 6.10. The third-order valence-corrected chi connectivity index (χ3v) is 7.06. The molecule has 0 aromatic heterocycles. The van der Waals surface area contributed by atoms with Crippen molar-refractivity contribution < 1.29 is 9.59 Å². The molecule has 1 aromatic rings. The number of carbonyl (C=O) groups is 2. The number of hydrogen-bond donors (Lipinski definition) is 0. The average Bonchev–Trinajstić information content (AvgIpc) is 3.00. The van der Waals surface area contributed by atoms with E-state index in [9.17, 15) is 9.59 Å². The molecule has 5 heteroatoms. The fraction of sp³-hybridized carbons (Fsp3) is 0.652. The maximum absolute atomic E-state index is 13.7. The number of nitrogens with zero attached hydrogens (tertiary/aromatic N) is 2. The van der Waals surface area contributed by atoms with Crippen LogP contribution in [0.4, 0.5) is 0 Å². The van der Waals surface area contributed by atoms with Crippen LogP contribution in [0.3, 0.4) is 0 Å². The standard InChI is InChI=1S/C23H31ClN2O2/c24-18-14-12-17(13-15-18)22-23(28)25(19-8-6-3-7-9-19)16-21(27)26(22)20-10-4-1-2-5-11-20/h12-15,19-20,22H,1-11,16H2/t22-/m0/s1. The molecule has 152 valence electrons. The zero-order chi connectivity index (χ0) is 19.5. The molecule has 3 fully saturated rings. The van der Waals surface area contributed by atoms with Gasteiger partial charge in [0.2, 0.25) is 5.91 Å². The van der Waals surface area contributed by atoms with Crippen molar-refractivity contribution >= 4 is 23.4 Å². The van der Waals surface area contributed by atoms with Crippen molar-refractivity contribution in [2.24, 2.45) is 0 Å². The minimum absolute atomic E-state index is 0.109. The highest BCUT2D eigenvalue weighted by Crippen LogP contribution is 2.36. The van der Waals surface area contributed by atoms with Gasteiger partial charge in [0, 0.05) is 17.1 Å². The molecule has 3 aliphatic rings. The summed E-state index contributed by atoms with van der Waals surface area (Å²) < 4.78 is 0. The maximum Gasteiger partial charge on any atom is 0.250 e. The lowest BCUT2D eigenvalue weighted by Crippen LogP contribution is -2.60. The molecule has 1 atom stereocenters. The summed E-state index contributed by atoms with van der Waals surface area (Å²) in [4.78, 5) is 30.9. The molecule has 2 saturated carbocycles. The van der Waals surface area contributed by atoms with Gasteiger partial charge in [0.1, 0.15) is 12.6 Å². The van der Waals surface area contributed by atoms with Crippen molar-refractivity contribution in [3.63, 3.8) is 0 Å². The van der Waals surface area contributed by atoms with Gasteiger partial charge in [0.15, 0.2) is 0 Å². The molecule has 2 amide bonds. The predicted octanol–water partition coefficient (Wildman–Crippen LogP) is 5.11. The van der Waals surface area contributed by atoms with Gasteiger partial charge < -0.3 is 9.80 Å². The summed E-state index contributed by atoms with van der Waals surface area (Å²) in [6.45, 7) is 0.254. The summed E-state index contributed by atoms with van der Waals surface area (Å²) in [5.41, 5.74) is 0.896. The fourth-order valence-electron chi connectivity index (χ4n) is 5.33. The van der Waals surface area contributed by atoms with Gasteiger partial charge >= 0.3 is 0 Å². The number of piperazine rings is 1. The molecule has 4 rings (SSSR count). The van der Waals surface area contributed by atoms with Gasteiger partial charge in [0.25, 0.3) is 5.91 Å². The lowest BCUT2D eigenvalue weighted by Gasteiger charge is -2.47. The Balaban J connectivity index is 1.67. The molecular formula is C23H31ClN2O2. The van der Waals surface area contributed by atoms with Crippen LogP contribution in [0, 0.1) is 0 Å². The van der Waals surface area contributed by atoms with Crippen molar-refractivity contribution in [1.82, 2.24) is 9.80 Å². The van der Waals surface area contributed by atoms with Gasteiger partial charge in [-0.2, -0.15) is 0 Å². The number of hydrogen-bond acceptors (Lipinski definition) is 2. The van der Waals surface area contributed by atoms with Gasteiger partial charge in [-0.1, -0.05) is 68.7 Å². The van der Waals surface area contributed by atoms with Crippen LogP contribution in [0.2, 0.25) is 5.02 Å². The second kappa shape index (κ2) is 8.86. The Kier molecular flexibility index (Phi) is 6.25. The van der Waals surface area contributed by atoms with Crippen LogP contribution in [0.25, 0.3) is 0 Å². The Labute approximate surface area is 173 Å². The van der Waals surface area contributed by atoms with E-state index >= 15 is 0 Å². The second-order valence-corrected chi connectivity index (χ2v) is 9.09. The molecule has 28 heavy (non-hydrogen) atoms. The molecule has 0 spiro atoms. The molecule has 1 aliphatic heterocycles. The Morgan fingerprint density at radius 2 is 1.29 bits per heavy atom. The van der Waals surface area contributed by atoms with Crippen molar-refractivity contribution in [2.75, 3.05) is 6.54 Å². The van der Waals surface area contributed by atoms with E-state index < -0.39 is 6.04 Å². The topological polar surface area (TPSA) is 40.6 Å². The van der Waals surface area contributed by atoms with E-state index in [1.54, 1.807) is 0 Å². The van der Waals surface area contributed by atoms with Gasteiger partial charge in [-0.05, 0) is 43.4 Å². The maximum atomic E-state index is 13.7. The first-order valence-electron chi connectivity index (χ1n) is 11.0. The van der Waals surface area contributed by atoms with Crippen LogP contribution in [0.15, 0.2) is 24.3 Å². The minimum Gasteiger partial charge on any atom is -0.328 e. The van der Waals surface area contributed by atoms with Crippen LogP contribution in [0.1, 0.15) is 82.2 Å². The number of carbonyl (C=O) groups excluding carboxylic acids is 2. The number of halogens is 1. The molecule has 1 saturated heterocycles. The third-order valence-electron chi connectivity index (χ3n) is 6.81. The summed E-state index contributed by atoms with van der Waals surface area (Å²) in [6.07, 6.45) is 12.3. The number of benzene rings is 1. The zero-order valence-corrected chi connectivity index (χ0v) is 17.4. The smallest absolute Gasteiger partial charge is 0.250 e. The first-order valence-corrected chi connectivity index (χ1v) is 11.4. The van der Waals surface area contributed by atoms with Gasteiger partial charge in [-0.25, -0.2) is 0 Å². The highest BCUT2D eigenvalue weighted by molar-refractivity contribution is 6.30. The van der Waals surface area contributed by atoms with E-state index in [-0.39, 0.29) is 30.4 Å². The summed E-state index contributed by atoms with van der Waals surface area (Å²) in [5.74, 6) is 0.232. The van der Waals surface area contributed by atoms with Crippen molar-refractivity contribution in [1.29, 1.82) is 0 Å². The Morgan fingerprint density at radius 3 is 1.89 bits per heavy atom. The van der Waals surface area contributed by atoms with E-state index in [1.807, 2.05) is 34.1 Å². The molecule has 0 unspecified atom stereocenters. The molecule has 1 heterocycles. The largest absolute Gasteiger partial charge is 0.328 e. The predicted molar refractivity (Wildman–Crippen MR) is 111 cm³/mol. The fourth-order valence-corrected chi connectivity index (χ4v) is 5.45. The highest BCUT2D eigenvalue weighted by Gasteiger charge is 2.45. The second-order valence-electron chi connectivity index (χ2n) is 8.66. The molecule has 2 aliphatic carbocycles. The first kappa shape index (κ1) is 19.8. The van der Waals surface area contributed by atoms with Crippen LogP contribution in [-0.2, 0) is 9.59 Å². The van der Waals surface area contributed by atoms with Gasteiger partial charge in [-0.3, -0.25) is 9.59 Å².